The number of rotatable bonds is 11. The molecule has 0 spiro atoms. The molecule has 0 aromatic heterocycles. The zero-order chi connectivity index (χ0) is 24.5. The second-order valence-electron chi connectivity index (χ2n) is 7.96. The number of benzene rings is 2. The van der Waals surface area contributed by atoms with Crippen molar-refractivity contribution in [2.75, 3.05) is 12.4 Å². The largest absolute Gasteiger partial charge is 0.772 e. The summed E-state index contributed by atoms with van der Waals surface area (Å²) in [5, 5.41) is 10.8. The number of ether oxygens (including phenoxy) is 3. The lowest BCUT2D eigenvalue weighted by molar-refractivity contribution is -0.0449. The highest BCUT2D eigenvalue weighted by Crippen LogP contribution is 2.33. The molecule has 8 nitrogen and oxygen atoms in total. The monoisotopic (exact) mass is 487 g/mol. The summed E-state index contributed by atoms with van der Waals surface area (Å²) in [5.74, 6) is -2.13. The van der Waals surface area contributed by atoms with E-state index in [1.807, 2.05) is 0 Å². The van der Waals surface area contributed by atoms with Gasteiger partial charge < -0.3 is 23.9 Å². The van der Waals surface area contributed by atoms with E-state index in [2.05, 4.69) is 6.58 Å². The molecule has 6 atom stereocenters. The van der Waals surface area contributed by atoms with Crippen LogP contribution in [0, 0.1) is 5.92 Å². The molecule has 1 heterocycles. The van der Waals surface area contributed by atoms with E-state index in [0.717, 1.165) is 0 Å². The van der Waals surface area contributed by atoms with Gasteiger partial charge in [0.25, 0.3) is 0 Å². The van der Waals surface area contributed by atoms with E-state index in [0.29, 0.717) is 17.5 Å². The number of aliphatic hydroxyl groups excluding tert-OH is 1. The van der Waals surface area contributed by atoms with Crippen LogP contribution < -0.4 is 0 Å². The zero-order valence-electron chi connectivity index (χ0n) is 18.5. The molecule has 34 heavy (non-hydrogen) atoms. The lowest BCUT2D eigenvalue weighted by atomic mass is 9.94. The molecule has 0 bridgehead atoms. The van der Waals surface area contributed by atoms with Crippen LogP contribution in [0.5, 0.6) is 0 Å². The molecule has 0 radical (unpaired) electrons. The normalized spacial score (nSPS) is 23.6. The molecule has 182 valence electrons. The predicted octanol–water partition coefficient (Wildman–Crippen LogP) is 2.66. The second-order valence-corrected chi connectivity index (χ2v) is 8.90. The minimum atomic E-state index is -2.37. The molecule has 0 saturated carbocycles. The van der Waals surface area contributed by atoms with Gasteiger partial charge in [-0.3, -0.25) is 4.21 Å². The number of carbonyl (C=O) groups excluding carboxylic acids is 2. The highest BCUT2D eigenvalue weighted by molar-refractivity contribution is 7.79. The fraction of sp³-hybridized carbons (Fsp3) is 0.360. The minimum absolute atomic E-state index is 0.0114. The smallest absolute Gasteiger partial charge is 0.338 e. The van der Waals surface area contributed by atoms with Gasteiger partial charge in [-0.1, -0.05) is 53.6 Å². The van der Waals surface area contributed by atoms with Crippen LogP contribution in [0.25, 0.3) is 0 Å². The molecule has 0 aliphatic carbocycles. The molecule has 1 unspecified atom stereocenters. The third-order valence-electron chi connectivity index (χ3n) is 5.56. The van der Waals surface area contributed by atoms with Crippen LogP contribution in [0.2, 0.25) is 0 Å². The van der Waals surface area contributed by atoms with Crippen LogP contribution >= 0.6 is 0 Å². The van der Waals surface area contributed by atoms with Gasteiger partial charge in [0.05, 0.1) is 29.4 Å². The number of carbonyl (C=O) groups is 2. The number of hydrogen-bond donors (Lipinski definition) is 1. The van der Waals surface area contributed by atoms with E-state index in [1.165, 1.54) is 0 Å². The SMILES string of the molecule is C=CC[C@@H]1O[C@H](C[C@@H](COC(=O)c2ccccc2)OC(=O)c2ccccc2)[C@H](O)[C@H]1CS(=O)[O-]. The highest BCUT2D eigenvalue weighted by atomic mass is 32.2. The summed E-state index contributed by atoms with van der Waals surface area (Å²) in [6, 6.07) is 16.7. The third-order valence-corrected chi connectivity index (χ3v) is 6.22. The summed E-state index contributed by atoms with van der Waals surface area (Å²) in [4.78, 5) is 25.0. The lowest BCUT2D eigenvalue weighted by Crippen LogP contribution is -2.36. The van der Waals surface area contributed by atoms with Gasteiger partial charge in [0.2, 0.25) is 0 Å². The van der Waals surface area contributed by atoms with Gasteiger partial charge in [0.15, 0.2) is 0 Å². The Bertz CT molecular complexity index is 981. The van der Waals surface area contributed by atoms with E-state index >= 15 is 0 Å². The van der Waals surface area contributed by atoms with Crippen molar-refractivity contribution in [2.45, 2.75) is 37.3 Å². The summed E-state index contributed by atoms with van der Waals surface area (Å²) in [6.07, 6.45) is -1.44. The fourth-order valence-corrected chi connectivity index (χ4v) is 4.61. The molecule has 1 aliphatic rings. The van der Waals surface area contributed by atoms with Gasteiger partial charge in [-0.25, -0.2) is 9.59 Å². The molecule has 1 saturated heterocycles. The molecule has 1 fully saturated rings. The summed E-state index contributed by atoms with van der Waals surface area (Å²) in [7, 11) is 0. The Balaban J connectivity index is 1.72. The molecule has 2 aromatic rings. The van der Waals surface area contributed by atoms with Crippen LogP contribution in [0.1, 0.15) is 33.6 Å². The summed E-state index contributed by atoms with van der Waals surface area (Å²) in [5.41, 5.74) is 0.663. The maximum absolute atomic E-state index is 12.6. The van der Waals surface area contributed by atoms with Gasteiger partial charge in [0.1, 0.15) is 12.7 Å². The van der Waals surface area contributed by atoms with Gasteiger partial charge in [-0.2, -0.15) is 0 Å². The lowest BCUT2D eigenvalue weighted by Gasteiger charge is -2.23. The van der Waals surface area contributed by atoms with Crippen molar-refractivity contribution in [3.05, 3.63) is 84.4 Å². The topological polar surface area (TPSA) is 122 Å². The molecular formula is C25H27O8S-. The maximum atomic E-state index is 12.6. The van der Waals surface area contributed by atoms with Gasteiger partial charge >= 0.3 is 11.9 Å². The van der Waals surface area contributed by atoms with Crippen LogP contribution in [-0.2, 0) is 25.3 Å². The standard InChI is InChI=1S/C25H28O8S/c1-2-9-21-20(16-34(29)30)23(26)22(33-21)14-19(32-25(28)18-12-7-4-8-13-18)15-31-24(27)17-10-5-3-6-11-17/h2-8,10-13,19-23,26H,1,9,14-16H2,(H,29,30)/p-1/t19-,20-,21-,22+,23+/m0/s1. The number of hydrogen-bond acceptors (Lipinski definition) is 8. The Morgan fingerprint density at radius 1 is 1.06 bits per heavy atom. The van der Waals surface area contributed by atoms with Gasteiger partial charge in [-0.05, 0) is 30.7 Å². The first kappa shape index (κ1) is 25.8. The van der Waals surface area contributed by atoms with Gasteiger partial charge in [0, 0.05) is 18.1 Å². The van der Waals surface area contributed by atoms with Crippen molar-refractivity contribution >= 4 is 23.0 Å². The van der Waals surface area contributed by atoms with E-state index in [1.54, 1.807) is 66.7 Å². The van der Waals surface area contributed by atoms with Crippen molar-refractivity contribution in [3.8, 4) is 0 Å². The fourth-order valence-electron chi connectivity index (χ4n) is 3.88. The summed E-state index contributed by atoms with van der Waals surface area (Å²) in [6.45, 7) is 3.40. The zero-order valence-corrected chi connectivity index (χ0v) is 19.3. The molecule has 9 heteroatoms. The predicted molar refractivity (Wildman–Crippen MR) is 124 cm³/mol. The van der Waals surface area contributed by atoms with E-state index in [4.69, 9.17) is 14.2 Å². The van der Waals surface area contributed by atoms with Gasteiger partial charge in [-0.15, -0.1) is 6.58 Å². The quantitative estimate of drug-likeness (QED) is 0.292. The van der Waals surface area contributed by atoms with Crippen LogP contribution in [0.15, 0.2) is 73.3 Å². The van der Waals surface area contributed by atoms with Crippen LogP contribution in [0.3, 0.4) is 0 Å². The Labute approximate surface area is 200 Å². The molecule has 1 aliphatic heterocycles. The number of esters is 2. The Morgan fingerprint density at radius 3 is 2.21 bits per heavy atom. The van der Waals surface area contributed by atoms with Crippen LogP contribution in [-0.4, -0.2) is 62.6 Å². The van der Waals surface area contributed by atoms with Crippen molar-refractivity contribution in [1.29, 1.82) is 0 Å². The van der Waals surface area contributed by atoms with Crippen molar-refractivity contribution in [3.63, 3.8) is 0 Å². The van der Waals surface area contributed by atoms with Crippen molar-refractivity contribution < 1.29 is 37.7 Å². The molecule has 3 rings (SSSR count). The van der Waals surface area contributed by atoms with E-state index in [-0.39, 0.29) is 18.8 Å². The average molecular weight is 488 g/mol. The Morgan fingerprint density at radius 2 is 1.65 bits per heavy atom. The van der Waals surface area contributed by atoms with E-state index < -0.39 is 53.4 Å². The van der Waals surface area contributed by atoms with Crippen LogP contribution in [0.4, 0.5) is 0 Å². The molecule has 1 N–H and O–H groups in total. The third kappa shape index (κ3) is 7.07. The minimum Gasteiger partial charge on any atom is -0.772 e. The first-order valence-electron chi connectivity index (χ1n) is 10.9. The Kier molecular flexibility index (Phi) is 9.52. The average Bonchev–Trinajstić information content (AvgIpc) is 3.12. The van der Waals surface area contributed by atoms with Crippen molar-refractivity contribution in [1.82, 2.24) is 0 Å². The van der Waals surface area contributed by atoms with Crippen molar-refractivity contribution in [2.24, 2.45) is 5.92 Å². The number of aliphatic hydroxyl groups is 1. The molecular weight excluding hydrogens is 460 g/mol. The molecule has 2 aromatic carbocycles. The highest BCUT2D eigenvalue weighted by Gasteiger charge is 2.44. The second kappa shape index (κ2) is 12.6. The first-order chi connectivity index (χ1) is 16.4. The first-order valence-corrected chi connectivity index (χ1v) is 12.1. The summed E-state index contributed by atoms with van der Waals surface area (Å²) >= 11 is -2.37. The Hall–Kier alpha value is -2.85. The summed E-state index contributed by atoms with van der Waals surface area (Å²) < 4.78 is 39.4. The van der Waals surface area contributed by atoms with E-state index in [9.17, 15) is 23.5 Å². The molecule has 0 amide bonds. The maximum Gasteiger partial charge on any atom is 0.338 e.